The zero-order chi connectivity index (χ0) is 22.3. The van der Waals surface area contributed by atoms with Crippen LogP contribution in [0, 0.1) is 5.92 Å². The van der Waals surface area contributed by atoms with Crippen LogP contribution in [0.4, 0.5) is 0 Å². The number of carbonyl (C=O) groups excluding carboxylic acids is 1. The van der Waals surface area contributed by atoms with Crippen molar-refractivity contribution < 1.29 is 14.3 Å². The Morgan fingerprint density at radius 1 is 1.28 bits per heavy atom. The minimum atomic E-state index is -0.0395. The van der Waals surface area contributed by atoms with Crippen molar-refractivity contribution in [2.75, 3.05) is 46.5 Å². The number of likely N-dealkylation sites (tertiary alicyclic amines) is 1. The van der Waals surface area contributed by atoms with E-state index in [0.29, 0.717) is 6.54 Å². The van der Waals surface area contributed by atoms with E-state index in [4.69, 9.17) is 14.5 Å². The second kappa shape index (κ2) is 12.6. The number of halogens is 1. The van der Waals surface area contributed by atoms with Gasteiger partial charge in [-0.25, -0.2) is 0 Å². The Balaban J connectivity index is 0.00000363. The maximum Gasteiger partial charge on any atom is 0.225 e. The van der Waals surface area contributed by atoms with E-state index in [9.17, 15) is 4.79 Å². The lowest BCUT2D eigenvalue weighted by atomic mass is 9.74. The highest BCUT2D eigenvalue weighted by Gasteiger charge is 2.35. The van der Waals surface area contributed by atoms with Gasteiger partial charge in [-0.2, -0.15) is 0 Å². The van der Waals surface area contributed by atoms with E-state index in [1.54, 1.807) is 7.11 Å². The fourth-order valence-electron chi connectivity index (χ4n) is 4.43. The van der Waals surface area contributed by atoms with Crippen molar-refractivity contribution in [2.45, 2.75) is 51.5 Å². The molecule has 3 rings (SSSR count). The lowest BCUT2D eigenvalue weighted by molar-refractivity contribution is -0.133. The zero-order valence-electron chi connectivity index (χ0n) is 19.9. The van der Waals surface area contributed by atoms with Crippen LogP contribution in [0.25, 0.3) is 0 Å². The summed E-state index contributed by atoms with van der Waals surface area (Å²) in [7, 11) is 1.69. The highest BCUT2D eigenvalue weighted by Crippen LogP contribution is 2.36. The normalized spacial score (nSPS) is 20.6. The van der Waals surface area contributed by atoms with E-state index in [-0.39, 0.29) is 47.3 Å². The number of nitrogens with one attached hydrogen (secondary N) is 2. The predicted molar refractivity (Wildman–Crippen MR) is 139 cm³/mol. The molecule has 1 amide bonds. The second-order valence-electron chi connectivity index (χ2n) is 8.89. The first kappa shape index (κ1) is 26.7. The summed E-state index contributed by atoms with van der Waals surface area (Å²) < 4.78 is 11.0. The third-order valence-corrected chi connectivity index (χ3v) is 6.37. The molecule has 1 aromatic carbocycles. The molecule has 0 spiro atoms. The Morgan fingerprint density at radius 3 is 2.56 bits per heavy atom. The molecule has 180 valence electrons. The van der Waals surface area contributed by atoms with Crippen molar-refractivity contribution in [3.05, 3.63) is 29.8 Å². The summed E-state index contributed by atoms with van der Waals surface area (Å²) in [4.78, 5) is 19.3. The van der Waals surface area contributed by atoms with E-state index in [2.05, 4.69) is 29.7 Å². The third kappa shape index (κ3) is 6.73. The Morgan fingerprint density at radius 2 is 1.97 bits per heavy atom. The molecule has 2 aliphatic rings. The first-order valence-electron chi connectivity index (χ1n) is 11.5. The number of methoxy groups -OCH3 is 1. The number of hydrogen-bond donors (Lipinski definition) is 2. The molecule has 8 heteroatoms. The summed E-state index contributed by atoms with van der Waals surface area (Å²) in [5, 5.41) is 6.95. The highest BCUT2D eigenvalue weighted by molar-refractivity contribution is 14.0. The molecule has 1 atom stereocenters. The van der Waals surface area contributed by atoms with Gasteiger partial charge in [0.15, 0.2) is 5.96 Å². The third-order valence-electron chi connectivity index (χ3n) is 6.37. The molecule has 0 aromatic heterocycles. The summed E-state index contributed by atoms with van der Waals surface area (Å²) in [6.07, 6.45) is 2.84. The topological polar surface area (TPSA) is 75.2 Å². The zero-order valence-corrected chi connectivity index (χ0v) is 22.2. The first-order valence-corrected chi connectivity index (χ1v) is 11.5. The Bertz CT molecular complexity index is 748. The number of carbonyl (C=O) groups is 1. The number of nitrogens with zero attached hydrogens (tertiary/aromatic N) is 2. The molecule has 2 heterocycles. The lowest BCUT2D eigenvalue weighted by Crippen LogP contribution is -2.46. The van der Waals surface area contributed by atoms with Crippen LogP contribution in [0.2, 0.25) is 0 Å². The monoisotopic (exact) mass is 558 g/mol. The highest BCUT2D eigenvalue weighted by atomic mass is 127. The number of hydrogen-bond acceptors (Lipinski definition) is 4. The van der Waals surface area contributed by atoms with Crippen LogP contribution in [0.5, 0.6) is 5.75 Å². The quantitative estimate of drug-likeness (QED) is 0.306. The molecule has 2 N–H and O–H groups in total. The number of benzene rings is 1. The molecule has 2 fully saturated rings. The SMILES string of the molecule is CCNC(=NCC1(c2ccc(OC)cc2)CCOCC1)NC1CCN(C(=O)C(C)C)C1.I. The van der Waals surface area contributed by atoms with Crippen LogP contribution in [0.1, 0.15) is 45.6 Å². The smallest absolute Gasteiger partial charge is 0.225 e. The Hall–Kier alpha value is -1.55. The van der Waals surface area contributed by atoms with E-state index >= 15 is 0 Å². The molecule has 0 aliphatic carbocycles. The number of amides is 1. The standard InChI is InChI=1S/C24H38N4O3.HI/c1-5-25-23(27-20-10-13-28(16-20)22(29)18(2)3)26-17-24(11-14-31-15-12-24)19-6-8-21(30-4)9-7-19;/h6-9,18,20H,5,10-17H2,1-4H3,(H2,25,26,27);1H. The van der Waals surface area contributed by atoms with Gasteiger partial charge in [0, 0.05) is 50.2 Å². The van der Waals surface area contributed by atoms with Gasteiger partial charge in [-0.15, -0.1) is 24.0 Å². The summed E-state index contributed by atoms with van der Waals surface area (Å²) in [5.41, 5.74) is 1.24. The molecule has 2 saturated heterocycles. The van der Waals surface area contributed by atoms with Gasteiger partial charge in [-0.1, -0.05) is 26.0 Å². The van der Waals surface area contributed by atoms with Crippen molar-refractivity contribution >= 4 is 35.8 Å². The number of aliphatic imine (C=N–C) groups is 1. The van der Waals surface area contributed by atoms with Crippen LogP contribution in [-0.4, -0.2) is 69.3 Å². The molecule has 32 heavy (non-hydrogen) atoms. The largest absolute Gasteiger partial charge is 0.497 e. The van der Waals surface area contributed by atoms with Gasteiger partial charge in [0.25, 0.3) is 0 Å². The minimum Gasteiger partial charge on any atom is -0.497 e. The van der Waals surface area contributed by atoms with Crippen molar-refractivity contribution in [1.29, 1.82) is 0 Å². The van der Waals surface area contributed by atoms with Crippen LogP contribution in [0.15, 0.2) is 29.3 Å². The second-order valence-corrected chi connectivity index (χ2v) is 8.89. The summed E-state index contributed by atoms with van der Waals surface area (Å²) in [5.74, 6) is 1.96. The van der Waals surface area contributed by atoms with E-state index in [1.165, 1.54) is 5.56 Å². The molecule has 0 bridgehead atoms. The van der Waals surface area contributed by atoms with Gasteiger partial charge in [0.05, 0.1) is 13.7 Å². The number of guanidine groups is 1. The molecule has 1 aromatic rings. The Kier molecular flexibility index (Phi) is 10.5. The van der Waals surface area contributed by atoms with E-state index in [1.807, 2.05) is 30.9 Å². The molecular weight excluding hydrogens is 519 g/mol. The molecule has 0 saturated carbocycles. The molecule has 2 aliphatic heterocycles. The van der Waals surface area contributed by atoms with E-state index in [0.717, 1.165) is 63.8 Å². The fraction of sp³-hybridized carbons (Fsp3) is 0.667. The van der Waals surface area contributed by atoms with Crippen LogP contribution < -0.4 is 15.4 Å². The van der Waals surface area contributed by atoms with Crippen molar-refractivity contribution in [2.24, 2.45) is 10.9 Å². The van der Waals surface area contributed by atoms with Gasteiger partial charge in [0.1, 0.15) is 5.75 Å². The van der Waals surface area contributed by atoms with Crippen LogP contribution >= 0.6 is 24.0 Å². The van der Waals surface area contributed by atoms with Gasteiger partial charge < -0.3 is 25.0 Å². The number of rotatable bonds is 7. The summed E-state index contributed by atoms with van der Waals surface area (Å²) >= 11 is 0. The average molecular weight is 559 g/mol. The molecule has 1 unspecified atom stereocenters. The Labute approximate surface area is 209 Å². The average Bonchev–Trinajstić information content (AvgIpc) is 3.26. The minimum absolute atomic E-state index is 0. The molecule has 0 radical (unpaired) electrons. The lowest BCUT2D eigenvalue weighted by Gasteiger charge is -2.37. The van der Waals surface area contributed by atoms with E-state index < -0.39 is 0 Å². The molecule has 7 nitrogen and oxygen atoms in total. The van der Waals surface area contributed by atoms with Crippen LogP contribution in [0.3, 0.4) is 0 Å². The van der Waals surface area contributed by atoms with Gasteiger partial charge in [-0.3, -0.25) is 9.79 Å². The maximum absolute atomic E-state index is 12.3. The fourth-order valence-corrected chi connectivity index (χ4v) is 4.43. The van der Waals surface area contributed by atoms with Crippen molar-refractivity contribution in [3.8, 4) is 5.75 Å². The molecular formula is C24H39IN4O3. The summed E-state index contributed by atoms with van der Waals surface area (Å²) in [6, 6.07) is 8.60. The van der Waals surface area contributed by atoms with Crippen molar-refractivity contribution in [1.82, 2.24) is 15.5 Å². The van der Waals surface area contributed by atoms with Gasteiger partial charge >= 0.3 is 0 Å². The van der Waals surface area contributed by atoms with Gasteiger partial charge in [0.2, 0.25) is 5.91 Å². The van der Waals surface area contributed by atoms with Crippen molar-refractivity contribution in [3.63, 3.8) is 0 Å². The summed E-state index contributed by atoms with van der Waals surface area (Å²) in [6.45, 7) is 10.5. The number of ether oxygens (including phenoxy) is 2. The predicted octanol–water partition coefficient (Wildman–Crippen LogP) is 3.17. The first-order chi connectivity index (χ1) is 15.0. The van der Waals surface area contributed by atoms with Gasteiger partial charge in [-0.05, 0) is 43.9 Å². The maximum atomic E-state index is 12.3. The van der Waals surface area contributed by atoms with Crippen LogP contribution in [-0.2, 0) is 14.9 Å².